The molecular formula is C33H30ClF4N7O5. The molecule has 7 rings (SSSR count). The maximum absolute atomic E-state index is 16.2. The van der Waals surface area contributed by atoms with Gasteiger partial charge in [-0.05, 0) is 68.0 Å². The Balaban J connectivity index is 1.28. The predicted molar refractivity (Wildman–Crippen MR) is 172 cm³/mol. The van der Waals surface area contributed by atoms with Crippen LogP contribution < -0.4 is 10.9 Å². The highest BCUT2D eigenvalue weighted by Gasteiger charge is 2.47. The molecule has 0 radical (unpaired) electrons. The molecule has 50 heavy (non-hydrogen) atoms. The molecule has 2 N–H and O–H groups in total. The number of likely N-dealkylation sites (tertiary alicyclic amines) is 1. The largest absolute Gasteiger partial charge is 0.505 e. The topological polar surface area (TPSA) is 144 Å². The second-order valence-electron chi connectivity index (χ2n) is 12.5. The summed E-state index contributed by atoms with van der Waals surface area (Å²) in [5, 5.41) is 16.9. The summed E-state index contributed by atoms with van der Waals surface area (Å²) in [4.78, 5) is 51.2. The van der Waals surface area contributed by atoms with E-state index < -0.39 is 47.2 Å². The lowest BCUT2D eigenvalue weighted by molar-refractivity contribution is -0.137. The number of nitrogens with zero attached hydrogens (tertiary/aromatic N) is 6. The summed E-state index contributed by atoms with van der Waals surface area (Å²) in [6.45, 7) is 0.517. The number of alkyl halides is 4. The Kier molecular flexibility index (Phi) is 8.62. The number of amides is 2. The third kappa shape index (κ3) is 5.99. The van der Waals surface area contributed by atoms with E-state index in [2.05, 4.69) is 20.4 Å². The summed E-state index contributed by atoms with van der Waals surface area (Å²) in [5.41, 5.74) is -1.85. The van der Waals surface area contributed by atoms with Crippen LogP contribution in [0.3, 0.4) is 0 Å². The lowest BCUT2D eigenvalue weighted by Crippen LogP contribution is -2.50. The third-order valence-electron chi connectivity index (χ3n) is 9.61. The highest BCUT2D eigenvalue weighted by molar-refractivity contribution is 6.33. The molecule has 1 saturated heterocycles. The fraction of sp³-hybridized carbons (Fsp3) is 0.394. The second-order valence-corrected chi connectivity index (χ2v) is 13.0. The number of hydrogen-bond acceptors (Lipinski definition) is 8. The number of halogens is 5. The molecule has 12 nitrogen and oxygen atoms in total. The van der Waals surface area contributed by atoms with Crippen LogP contribution in [0.25, 0.3) is 11.4 Å². The standard InChI is InChI=1S/C33H30ClF4N7O5/c34-20-16-19(33(36,37)38)3-4-22(20)40-24(47)17-44-27-21(35)5-8-32(9-12-43(13-10-32)30(49)26-23(46)2-1-11-39-26)25(27)29(48)45-31(44)41-28(42-45)18-6-14-50-15-7-18/h1-4,6,11,16,21,46H,5,7-10,12-15,17H2,(H,40,47). The quantitative estimate of drug-likeness (QED) is 0.272. The maximum Gasteiger partial charge on any atom is 0.416 e. The Hall–Kier alpha value is -4.83. The molecule has 1 aromatic carbocycles. The van der Waals surface area contributed by atoms with E-state index in [1.807, 2.05) is 0 Å². The van der Waals surface area contributed by atoms with Gasteiger partial charge < -0.3 is 24.6 Å². The zero-order valence-electron chi connectivity index (χ0n) is 26.3. The summed E-state index contributed by atoms with van der Waals surface area (Å²) in [6, 6.07) is 5.36. The van der Waals surface area contributed by atoms with Crippen molar-refractivity contribution in [2.24, 2.45) is 0 Å². The van der Waals surface area contributed by atoms with Crippen LogP contribution in [0.4, 0.5) is 23.2 Å². The smallest absolute Gasteiger partial charge is 0.416 e. The number of aromatic nitrogens is 5. The van der Waals surface area contributed by atoms with Gasteiger partial charge in [0.15, 0.2) is 11.5 Å². The van der Waals surface area contributed by atoms with Crippen molar-refractivity contribution in [1.29, 1.82) is 0 Å². The van der Waals surface area contributed by atoms with Crippen molar-refractivity contribution in [3.8, 4) is 5.75 Å². The Morgan fingerprint density at radius 1 is 1.16 bits per heavy atom. The van der Waals surface area contributed by atoms with Gasteiger partial charge >= 0.3 is 6.18 Å². The van der Waals surface area contributed by atoms with E-state index >= 15 is 4.39 Å². The van der Waals surface area contributed by atoms with E-state index in [0.717, 1.165) is 16.6 Å². The average Bonchev–Trinajstić information content (AvgIpc) is 3.55. The van der Waals surface area contributed by atoms with Crippen molar-refractivity contribution in [3.63, 3.8) is 0 Å². The van der Waals surface area contributed by atoms with E-state index in [4.69, 9.17) is 16.3 Å². The maximum atomic E-state index is 16.2. The molecule has 262 valence electrons. The Bertz CT molecular complexity index is 2110. The molecule has 3 aromatic heterocycles. The van der Waals surface area contributed by atoms with E-state index in [0.29, 0.717) is 31.3 Å². The Labute approximate surface area is 286 Å². The van der Waals surface area contributed by atoms with Crippen LogP contribution in [-0.4, -0.2) is 72.3 Å². The van der Waals surface area contributed by atoms with Crippen molar-refractivity contribution in [2.45, 2.75) is 56.4 Å². The van der Waals surface area contributed by atoms with Crippen molar-refractivity contribution in [2.75, 3.05) is 31.6 Å². The number of carbonyl (C=O) groups excluding carboxylic acids is 2. The van der Waals surface area contributed by atoms with Crippen LogP contribution in [0.1, 0.15) is 71.4 Å². The van der Waals surface area contributed by atoms with Gasteiger partial charge in [-0.25, -0.2) is 9.37 Å². The molecule has 17 heteroatoms. The number of piperidine rings is 1. The van der Waals surface area contributed by atoms with Gasteiger partial charge in [0.05, 0.1) is 35.2 Å². The summed E-state index contributed by atoms with van der Waals surface area (Å²) < 4.78 is 63.6. The molecular weight excluding hydrogens is 686 g/mol. The molecule has 1 fully saturated rings. The minimum Gasteiger partial charge on any atom is -0.505 e. The molecule has 1 unspecified atom stereocenters. The molecule has 2 amide bonds. The first-order valence-corrected chi connectivity index (χ1v) is 16.3. The van der Waals surface area contributed by atoms with Crippen molar-refractivity contribution in [3.05, 3.63) is 86.3 Å². The van der Waals surface area contributed by atoms with Gasteiger partial charge in [0.2, 0.25) is 11.7 Å². The van der Waals surface area contributed by atoms with Crippen LogP contribution >= 0.6 is 11.6 Å². The third-order valence-corrected chi connectivity index (χ3v) is 9.92. The van der Waals surface area contributed by atoms with Gasteiger partial charge in [-0.2, -0.15) is 22.7 Å². The number of aromatic hydroxyl groups is 1. The van der Waals surface area contributed by atoms with Crippen molar-refractivity contribution >= 4 is 40.5 Å². The number of nitrogens with one attached hydrogen (secondary N) is 1. The first kappa shape index (κ1) is 33.7. The number of ether oxygens (including phenoxy) is 1. The molecule has 0 saturated carbocycles. The highest BCUT2D eigenvalue weighted by Crippen LogP contribution is 2.48. The molecule has 1 atom stereocenters. The fourth-order valence-corrected chi connectivity index (χ4v) is 7.29. The van der Waals surface area contributed by atoms with Gasteiger partial charge in [0.25, 0.3) is 11.5 Å². The minimum atomic E-state index is -4.65. The number of pyridine rings is 1. The highest BCUT2D eigenvalue weighted by atomic mass is 35.5. The predicted octanol–water partition coefficient (Wildman–Crippen LogP) is 5.08. The Morgan fingerprint density at radius 3 is 2.62 bits per heavy atom. The van der Waals surface area contributed by atoms with Crippen LogP contribution in [0, 0.1) is 0 Å². The van der Waals surface area contributed by atoms with Crippen LogP contribution in [0.15, 0.2) is 47.4 Å². The molecule has 1 spiro atoms. The SMILES string of the molecule is O=C(Cn1c2c(c(=O)n3nc(C4=CCOCC4)nc13)C1(CCC2F)CCN(C(=O)c2ncccc2O)CC1)Nc1ccc(C(F)(F)F)cc1Cl. The van der Waals surface area contributed by atoms with Crippen LogP contribution in [0.2, 0.25) is 5.02 Å². The first-order valence-electron chi connectivity index (χ1n) is 15.9. The molecule has 5 heterocycles. The van der Waals surface area contributed by atoms with Gasteiger partial charge in [0.1, 0.15) is 18.5 Å². The van der Waals surface area contributed by atoms with Crippen LogP contribution in [-0.2, 0) is 27.7 Å². The van der Waals surface area contributed by atoms with Gasteiger partial charge in [0, 0.05) is 30.3 Å². The first-order chi connectivity index (χ1) is 23.9. The summed E-state index contributed by atoms with van der Waals surface area (Å²) >= 11 is 6.09. The monoisotopic (exact) mass is 715 g/mol. The lowest BCUT2D eigenvalue weighted by Gasteiger charge is -2.45. The normalized spacial score (nSPS) is 18.9. The van der Waals surface area contributed by atoms with Gasteiger partial charge in [-0.3, -0.25) is 14.4 Å². The molecule has 2 aliphatic heterocycles. The van der Waals surface area contributed by atoms with E-state index in [1.165, 1.54) is 27.8 Å². The number of carbonyl (C=O) groups is 2. The molecule has 4 aromatic rings. The summed E-state index contributed by atoms with van der Waals surface area (Å²) in [6.07, 6.45) is -1.80. The summed E-state index contributed by atoms with van der Waals surface area (Å²) in [7, 11) is 0. The number of anilines is 1. The van der Waals surface area contributed by atoms with Crippen molar-refractivity contribution in [1.82, 2.24) is 29.0 Å². The van der Waals surface area contributed by atoms with E-state index in [-0.39, 0.29) is 83.8 Å². The molecule has 1 aliphatic carbocycles. The lowest BCUT2D eigenvalue weighted by atomic mass is 9.65. The Morgan fingerprint density at radius 2 is 1.94 bits per heavy atom. The van der Waals surface area contributed by atoms with Crippen LogP contribution in [0.5, 0.6) is 5.75 Å². The molecule has 0 bridgehead atoms. The zero-order chi connectivity index (χ0) is 35.4. The zero-order valence-corrected chi connectivity index (χ0v) is 27.1. The second kappa shape index (κ2) is 12.8. The summed E-state index contributed by atoms with van der Waals surface area (Å²) in [5.74, 6) is -1.36. The average molecular weight is 716 g/mol. The molecule has 3 aliphatic rings. The number of benzene rings is 1. The van der Waals surface area contributed by atoms with Gasteiger partial charge in [-0.15, -0.1) is 5.10 Å². The van der Waals surface area contributed by atoms with E-state index in [1.54, 1.807) is 6.08 Å². The minimum absolute atomic E-state index is 0.0213. The van der Waals surface area contributed by atoms with E-state index in [9.17, 15) is 32.7 Å². The number of hydrogen-bond donors (Lipinski definition) is 2. The fourth-order valence-electron chi connectivity index (χ4n) is 7.06. The number of fused-ring (bicyclic) bond motifs is 3. The van der Waals surface area contributed by atoms with Gasteiger partial charge in [-0.1, -0.05) is 17.7 Å². The van der Waals surface area contributed by atoms with Crippen molar-refractivity contribution < 1.29 is 37.0 Å². The number of rotatable bonds is 5.